The molecule has 1 amide bonds. The van der Waals surface area contributed by atoms with Gasteiger partial charge in [0.2, 0.25) is 5.91 Å². The Morgan fingerprint density at radius 3 is 2.65 bits per heavy atom. The van der Waals surface area contributed by atoms with Crippen LogP contribution >= 0.6 is 11.8 Å². The van der Waals surface area contributed by atoms with Crippen LogP contribution in [0.15, 0.2) is 53.4 Å². The van der Waals surface area contributed by atoms with E-state index in [0.717, 1.165) is 31.6 Å². The van der Waals surface area contributed by atoms with Crippen molar-refractivity contribution in [2.45, 2.75) is 48.3 Å². The Labute approximate surface area is 159 Å². The van der Waals surface area contributed by atoms with E-state index in [9.17, 15) is 4.79 Å². The van der Waals surface area contributed by atoms with E-state index in [-0.39, 0.29) is 11.3 Å². The van der Waals surface area contributed by atoms with Gasteiger partial charge in [-0.05, 0) is 48.6 Å². The molecule has 2 atom stereocenters. The molecule has 0 aliphatic carbocycles. The highest BCUT2D eigenvalue weighted by Gasteiger charge is 2.35. The van der Waals surface area contributed by atoms with E-state index in [0.29, 0.717) is 5.91 Å². The van der Waals surface area contributed by atoms with Gasteiger partial charge in [-0.1, -0.05) is 43.2 Å². The molecule has 4 rings (SSSR count). The van der Waals surface area contributed by atoms with Crippen LogP contribution in [0.4, 0.5) is 0 Å². The van der Waals surface area contributed by atoms with Gasteiger partial charge in [0.05, 0.1) is 18.4 Å². The van der Waals surface area contributed by atoms with Crippen LogP contribution in [0.1, 0.15) is 42.9 Å². The summed E-state index contributed by atoms with van der Waals surface area (Å²) in [7, 11) is 1.69. The molecule has 0 N–H and O–H groups in total. The van der Waals surface area contributed by atoms with E-state index in [1.54, 1.807) is 18.9 Å². The number of methoxy groups -OCH3 is 1. The van der Waals surface area contributed by atoms with Crippen LogP contribution in [0.2, 0.25) is 0 Å². The predicted molar refractivity (Wildman–Crippen MR) is 106 cm³/mol. The van der Waals surface area contributed by atoms with Gasteiger partial charge in [-0.25, -0.2) is 0 Å². The van der Waals surface area contributed by atoms with Crippen molar-refractivity contribution in [3.63, 3.8) is 0 Å². The van der Waals surface area contributed by atoms with Gasteiger partial charge >= 0.3 is 0 Å². The summed E-state index contributed by atoms with van der Waals surface area (Å²) < 4.78 is 5.29. The number of fused-ring (bicyclic) bond motifs is 1. The Kier molecular flexibility index (Phi) is 5.21. The fourth-order valence-corrected chi connectivity index (χ4v) is 5.32. The average molecular weight is 368 g/mol. The number of thioether (sulfide) groups is 1. The number of hydrogen-bond acceptors (Lipinski definition) is 3. The zero-order chi connectivity index (χ0) is 17.9. The summed E-state index contributed by atoms with van der Waals surface area (Å²) in [6.45, 7) is 0.864. The number of nitrogens with zero attached hydrogens (tertiary/aromatic N) is 1. The summed E-state index contributed by atoms with van der Waals surface area (Å²) in [5, 5.41) is 0.0197. The molecule has 0 radical (unpaired) electrons. The third-order valence-corrected chi connectivity index (χ3v) is 6.76. The first-order valence-electron chi connectivity index (χ1n) is 9.45. The normalized spacial score (nSPS) is 22.6. The molecule has 0 unspecified atom stereocenters. The Balaban J connectivity index is 1.56. The zero-order valence-corrected chi connectivity index (χ0v) is 16.0. The third-order valence-electron chi connectivity index (χ3n) is 5.46. The number of benzene rings is 2. The summed E-state index contributed by atoms with van der Waals surface area (Å²) in [5.41, 5.74) is 2.54. The molecule has 0 saturated carbocycles. The van der Waals surface area contributed by atoms with Crippen molar-refractivity contribution in [1.82, 2.24) is 4.90 Å². The van der Waals surface area contributed by atoms with Crippen molar-refractivity contribution in [3.05, 3.63) is 59.7 Å². The quantitative estimate of drug-likeness (QED) is 0.776. The average Bonchev–Trinajstić information content (AvgIpc) is 2.97. The van der Waals surface area contributed by atoms with Crippen molar-refractivity contribution in [2.24, 2.45) is 0 Å². The number of hydrogen-bond donors (Lipinski definition) is 0. The predicted octanol–water partition coefficient (Wildman–Crippen LogP) is 4.86. The highest BCUT2D eigenvalue weighted by molar-refractivity contribution is 8.01. The summed E-state index contributed by atoms with van der Waals surface area (Å²) in [5.74, 6) is 1.16. The highest BCUT2D eigenvalue weighted by Crippen LogP contribution is 2.40. The Morgan fingerprint density at radius 1 is 1.08 bits per heavy atom. The molecule has 26 heavy (non-hydrogen) atoms. The number of ether oxygens (including phenoxy) is 1. The van der Waals surface area contributed by atoms with Crippen LogP contribution in [-0.2, 0) is 11.2 Å². The third kappa shape index (κ3) is 3.48. The lowest BCUT2D eigenvalue weighted by Gasteiger charge is -2.32. The van der Waals surface area contributed by atoms with Crippen LogP contribution in [0.5, 0.6) is 5.75 Å². The van der Waals surface area contributed by atoms with Gasteiger partial charge in [-0.15, -0.1) is 11.8 Å². The van der Waals surface area contributed by atoms with Crippen LogP contribution < -0.4 is 4.74 Å². The maximum Gasteiger partial charge on any atom is 0.236 e. The topological polar surface area (TPSA) is 29.5 Å². The fraction of sp³-hybridized carbons (Fsp3) is 0.409. The first-order chi connectivity index (χ1) is 12.8. The van der Waals surface area contributed by atoms with Gasteiger partial charge in [-0.3, -0.25) is 4.79 Å². The van der Waals surface area contributed by atoms with Gasteiger partial charge in [-0.2, -0.15) is 0 Å². The lowest BCUT2D eigenvalue weighted by atomic mass is 10.00. The highest BCUT2D eigenvalue weighted by atomic mass is 32.2. The second-order valence-corrected chi connectivity index (χ2v) is 8.33. The van der Waals surface area contributed by atoms with Gasteiger partial charge in [0, 0.05) is 11.4 Å². The second kappa shape index (κ2) is 7.75. The molecule has 4 heteroatoms. The minimum Gasteiger partial charge on any atom is -0.497 e. The van der Waals surface area contributed by atoms with Gasteiger partial charge < -0.3 is 9.64 Å². The van der Waals surface area contributed by atoms with E-state index >= 15 is 0 Å². The SMILES string of the molecule is COc1ccc([C@@H]2CCCCCN2C(=O)[C@H]2Cc3ccccc3S2)cc1. The van der Waals surface area contributed by atoms with E-state index in [1.807, 2.05) is 12.1 Å². The fourth-order valence-electron chi connectivity index (χ4n) is 4.05. The first-order valence-corrected chi connectivity index (χ1v) is 10.3. The standard InChI is InChI=1S/C22H25NO2S/c1-25-18-12-10-16(11-13-18)19-8-3-2-6-14-23(19)22(24)21-15-17-7-4-5-9-20(17)26-21/h4-5,7,9-13,19,21H,2-3,6,8,14-15H2,1H3/t19-,21+/m0/s1. The molecule has 2 aliphatic rings. The molecule has 0 spiro atoms. The van der Waals surface area contributed by atoms with Crippen molar-refractivity contribution < 1.29 is 9.53 Å². The largest absolute Gasteiger partial charge is 0.497 e. The van der Waals surface area contributed by atoms with Crippen molar-refractivity contribution in [1.29, 1.82) is 0 Å². The van der Waals surface area contributed by atoms with Crippen molar-refractivity contribution in [3.8, 4) is 5.75 Å². The minimum atomic E-state index is 0.0197. The molecule has 2 aromatic carbocycles. The summed E-state index contributed by atoms with van der Waals surface area (Å²) in [4.78, 5) is 16.8. The van der Waals surface area contributed by atoms with Crippen LogP contribution in [0.25, 0.3) is 0 Å². The van der Waals surface area contributed by atoms with Gasteiger partial charge in [0.1, 0.15) is 5.75 Å². The molecule has 1 saturated heterocycles. The van der Waals surface area contributed by atoms with E-state index in [2.05, 4.69) is 41.3 Å². The van der Waals surface area contributed by atoms with E-state index in [1.165, 1.54) is 28.9 Å². The lowest BCUT2D eigenvalue weighted by molar-refractivity contribution is -0.133. The van der Waals surface area contributed by atoms with Crippen LogP contribution in [0, 0.1) is 0 Å². The molecule has 1 fully saturated rings. The van der Waals surface area contributed by atoms with Crippen molar-refractivity contribution >= 4 is 17.7 Å². The van der Waals surface area contributed by atoms with E-state index < -0.39 is 0 Å². The Bertz CT molecular complexity index is 749. The molecule has 136 valence electrons. The number of carbonyl (C=O) groups is 1. The van der Waals surface area contributed by atoms with Crippen LogP contribution in [0.3, 0.4) is 0 Å². The number of carbonyl (C=O) groups excluding carboxylic acids is 1. The van der Waals surface area contributed by atoms with Gasteiger partial charge in [0.15, 0.2) is 0 Å². The monoisotopic (exact) mass is 367 g/mol. The minimum absolute atomic E-state index is 0.0197. The van der Waals surface area contributed by atoms with Crippen molar-refractivity contribution in [2.75, 3.05) is 13.7 Å². The first kappa shape index (κ1) is 17.5. The Morgan fingerprint density at radius 2 is 1.88 bits per heavy atom. The van der Waals surface area contributed by atoms with E-state index in [4.69, 9.17) is 4.74 Å². The van der Waals surface area contributed by atoms with Crippen LogP contribution in [-0.4, -0.2) is 29.7 Å². The Hall–Kier alpha value is -1.94. The molecule has 2 aliphatic heterocycles. The molecule has 2 heterocycles. The molecule has 0 aromatic heterocycles. The maximum atomic E-state index is 13.4. The molecule has 0 bridgehead atoms. The summed E-state index contributed by atoms with van der Waals surface area (Å²) in [6, 6.07) is 16.8. The van der Waals surface area contributed by atoms with Gasteiger partial charge in [0.25, 0.3) is 0 Å². The second-order valence-electron chi connectivity index (χ2n) is 7.09. The number of likely N-dealkylation sites (tertiary alicyclic amines) is 1. The summed E-state index contributed by atoms with van der Waals surface area (Å²) >= 11 is 1.74. The number of amides is 1. The smallest absolute Gasteiger partial charge is 0.236 e. The lowest BCUT2D eigenvalue weighted by Crippen LogP contribution is -2.40. The maximum absolute atomic E-state index is 13.4. The summed E-state index contributed by atoms with van der Waals surface area (Å²) in [6.07, 6.45) is 5.38. The molecular formula is C22H25NO2S. The number of rotatable bonds is 3. The molecule has 2 aromatic rings. The molecule has 3 nitrogen and oxygen atoms in total. The molecular weight excluding hydrogens is 342 g/mol. The zero-order valence-electron chi connectivity index (χ0n) is 15.2.